The first-order valence-corrected chi connectivity index (χ1v) is 12.6. The van der Waals surface area contributed by atoms with Gasteiger partial charge in [0, 0.05) is 17.9 Å². The third-order valence-electron chi connectivity index (χ3n) is 6.24. The van der Waals surface area contributed by atoms with Crippen LogP contribution >= 0.6 is 11.6 Å². The largest absolute Gasteiger partial charge is 1.00 e. The van der Waals surface area contributed by atoms with Gasteiger partial charge in [-0.25, -0.2) is 9.88 Å². The summed E-state index contributed by atoms with van der Waals surface area (Å²) in [6, 6.07) is 10.9. The van der Waals surface area contributed by atoms with Crippen LogP contribution in [0.5, 0.6) is 0 Å². The molecular weight excluding hydrogens is 505 g/mol. The van der Waals surface area contributed by atoms with Crippen molar-refractivity contribution in [1.82, 2.24) is 4.90 Å². The minimum absolute atomic E-state index is 0. The Kier molecular flexibility index (Phi) is 18.7. The van der Waals surface area contributed by atoms with E-state index in [0.717, 1.165) is 6.54 Å². The molecule has 0 saturated carbocycles. The van der Waals surface area contributed by atoms with E-state index < -0.39 is 0 Å². The van der Waals surface area contributed by atoms with Crippen LogP contribution in [-0.4, -0.2) is 37.7 Å². The number of fused-ring (bicyclic) bond motifs is 1. The minimum Gasteiger partial charge on any atom is -1.00 e. The van der Waals surface area contributed by atoms with Gasteiger partial charge in [-0.2, -0.15) is 0 Å². The number of rotatable bonds is 11. The summed E-state index contributed by atoms with van der Waals surface area (Å²) in [6.07, 6.45) is 17.3. The molecule has 1 aromatic carbocycles. The number of aromatic amines is 1. The Morgan fingerprint density at radius 1 is 0.969 bits per heavy atom. The van der Waals surface area contributed by atoms with Gasteiger partial charge < -0.3 is 34.3 Å². The summed E-state index contributed by atoms with van der Waals surface area (Å²) in [7, 11) is 4.16. The first kappa shape index (κ1) is 31.6. The molecule has 32 heavy (non-hydrogen) atoms. The predicted octanol–water partition coefficient (Wildman–Crippen LogP) is -0.906. The van der Waals surface area contributed by atoms with Gasteiger partial charge in [0.2, 0.25) is 5.62 Å². The van der Waals surface area contributed by atoms with Crippen LogP contribution in [0.15, 0.2) is 36.5 Å². The van der Waals surface area contributed by atoms with Gasteiger partial charge in [0.25, 0.3) is 0 Å². The summed E-state index contributed by atoms with van der Waals surface area (Å²) >= 11 is 5.90. The van der Waals surface area contributed by atoms with Gasteiger partial charge in [-0.05, 0) is 36.5 Å². The molecule has 0 spiro atoms. The van der Waals surface area contributed by atoms with Crippen molar-refractivity contribution in [3.63, 3.8) is 0 Å². The predicted molar refractivity (Wildman–Crippen MR) is 130 cm³/mol. The zero-order valence-electron chi connectivity index (χ0n) is 20.3. The number of aromatic nitrogens is 1. The van der Waals surface area contributed by atoms with Crippen molar-refractivity contribution in [3.8, 4) is 0 Å². The van der Waals surface area contributed by atoms with Crippen LogP contribution in [0.2, 0.25) is 0 Å². The van der Waals surface area contributed by atoms with Gasteiger partial charge >= 0.3 is 0 Å². The molecule has 2 heterocycles. The lowest BCUT2D eigenvalue weighted by Gasteiger charge is -2.12. The van der Waals surface area contributed by atoms with Crippen molar-refractivity contribution in [2.24, 2.45) is 0 Å². The molecule has 2 unspecified atom stereocenters. The van der Waals surface area contributed by atoms with E-state index >= 15 is 0 Å². The minimum atomic E-state index is 0. The smallest absolute Gasteiger partial charge is 0.221 e. The highest BCUT2D eigenvalue weighted by Gasteiger charge is 2.27. The molecule has 1 aliphatic heterocycles. The standard InChI is InChI=1S/C21H31N.C5H11ClN2.BrH.ClH/c1-2-3-4-5-6-7-8-9-10-11-16-21-20-15-13-12-14-19(20)17-18-22-21;1-7-3-4-8(2)5(7)6;;/h12-15,17-18H,2-11,16H2,1H3;5H,3-4H2,1-2H3;2*1H. The van der Waals surface area contributed by atoms with Crippen LogP contribution in [0.4, 0.5) is 0 Å². The summed E-state index contributed by atoms with van der Waals surface area (Å²) in [5.41, 5.74) is 1.60. The SMILES string of the molecule is CCCCCCCCCCCCc1[nH+]ccc2ccccc12.CN1CC[NH+](C)C1Cl.[Br-].[Cl-]. The van der Waals surface area contributed by atoms with Gasteiger partial charge in [0.1, 0.15) is 0 Å². The Hall–Kier alpha value is -0.390. The summed E-state index contributed by atoms with van der Waals surface area (Å²) in [5.74, 6) is 0. The Morgan fingerprint density at radius 2 is 1.56 bits per heavy atom. The number of benzene rings is 1. The normalized spacial score (nSPS) is 17.9. The number of hydrogen-bond donors (Lipinski definition) is 1. The number of likely N-dealkylation sites (N-methyl/N-ethyl adjacent to an activating group) is 2. The highest BCUT2D eigenvalue weighted by atomic mass is 79.9. The lowest BCUT2D eigenvalue weighted by molar-refractivity contribution is -0.883. The van der Waals surface area contributed by atoms with Crippen molar-refractivity contribution >= 4 is 22.4 Å². The summed E-state index contributed by atoms with van der Waals surface area (Å²) in [4.78, 5) is 6.99. The molecule has 184 valence electrons. The second kappa shape index (κ2) is 19.0. The number of halogens is 3. The summed E-state index contributed by atoms with van der Waals surface area (Å²) < 4.78 is 0. The van der Waals surface area contributed by atoms with Gasteiger partial charge in [0.15, 0.2) is 11.9 Å². The monoisotopic (exact) mass is 547 g/mol. The van der Waals surface area contributed by atoms with Crippen molar-refractivity contribution in [3.05, 3.63) is 42.2 Å². The van der Waals surface area contributed by atoms with Crippen molar-refractivity contribution in [2.75, 3.05) is 27.2 Å². The molecule has 1 aromatic heterocycles. The number of nitrogens with zero attached hydrogens (tertiary/aromatic N) is 1. The molecule has 0 aliphatic carbocycles. The van der Waals surface area contributed by atoms with E-state index in [1.165, 1.54) is 98.5 Å². The van der Waals surface area contributed by atoms with Gasteiger partial charge in [-0.1, -0.05) is 82.9 Å². The number of unbranched alkanes of at least 4 members (excludes halogenated alkanes) is 9. The fraction of sp³-hybridized carbons (Fsp3) is 0.654. The number of quaternary nitrogens is 1. The highest BCUT2D eigenvalue weighted by molar-refractivity contribution is 6.19. The third kappa shape index (κ3) is 11.7. The fourth-order valence-electron chi connectivity index (χ4n) is 4.18. The van der Waals surface area contributed by atoms with Crippen molar-refractivity contribution in [2.45, 2.75) is 83.2 Å². The first-order valence-electron chi connectivity index (χ1n) is 12.2. The van der Waals surface area contributed by atoms with Crippen LogP contribution in [0.25, 0.3) is 10.8 Å². The average molecular weight is 549 g/mol. The third-order valence-corrected chi connectivity index (χ3v) is 6.94. The van der Waals surface area contributed by atoms with Crippen LogP contribution in [0.1, 0.15) is 76.8 Å². The molecule has 2 atom stereocenters. The number of pyridine rings is 1. The molecule has 2 N–H and O–H groups in total. The van der Waals surface area contributed by atoms with Crippen molar-refractivity contribution < 1.29 is 39.3 Å². The Balaban J connectivity index is 0.000000816. The number of H-pyrrole nitrogens is 1. The van der Waals surface area contributed by atoms with Crippen LogP contribution in [0, 0.1) is 0 Å². The molecule has 3 rings (SSSR count). The number of nitrogens with one attached hydrogen (secondary N) is 2. The zero-order valence-corrected chi connectivity index (χ0v) is 23.4. The summed E-state index contributed by atoms with van der Waals surface area (Å²) in [6.45, 7) is 4.58. The zero-order chi connectivity index (χ0) is 21.6. The van der Waals surface area contributed by atoms with Gasteiger partial charge in [0.05, 0.1) is 20.1 Å². The summed E-state index contributed by atoms with van der Waals surface area (Å²) in [5, 5.41) is 2.74. The molecule has 3 nitrogen and oxygen atoms in total. The quantitative estimate of drug-likeness (QED) is 0.219. The Bertz CT molecular complexity index is 701. The molecule has 0 amide bonds. The van der Waals surface area contributed by atoms with E-state index in [-0.39, 0.29) is 35.0 Å². The van der Waals surface area contributed by atoms with Crippen LogP contribution in [-0.2, 0) is 6.42 Å². The molecule has 2 aromatic rings. The molecule has 0 bridgehead atoms. The molecule has 1 saturated heterocycles. The van der Waals surface area contributed by atoms with E-state index in [2.05, 4.69) is 60.4 Å². The van der Waals surface area contributed by atoms with Crippen molar-refractivity contribution in [1.29, 1.82) is 0 Å². The first-order chi connectivity index (χ1) is 14.6. The van der Waals surface area contributed by atoms with E-state index in [1.54, 1.807) is 0 Å². The lowest BCUT2D eigenvalue weighted by atomic mass is 10.0. The Labute approximate surface area is 218 Å². The van der Waals surface area contributed by atoms with E-state index in [4.69, 9.17) is 11.6 Å². The van der Waals surface area contributed by atoms with E-state index in [9.17, 15) is 0 Å². The molecule has 0 radical (unpaired) electrons. The average Bonchev–Trinajstić information content (AvgIpc) is 3.06. The van der Waals surface area contributed by atoms with Crippen LogP contribution < -0.4 is 39.3 Å². The topological polar surface area (TPSA) is 21.8 Å². The maximum atomic E-state index is 5.90. The second-order valence-electron chi connectivity index (χ2n) is 8.89. The highest BCUT2D eigenvalue weighted by Crippen LogP contribution is 2.17. The number of hydrogen-bond acceptors (Lipinski definition) is 1. The van der Waals surface area contributed by atoms with E-state index in [1.807, 2.05) is 7.05 Å². The number of aryl methyl sites for hydroxylation is 1. The maximum Gasteiger partial charge on any atom is 0.221 e. The number of alkyl halides is 1. The van der Waals surface area contributed by atoms with Gasteiger partial charge in [-0.15, -0.1) is 0 Å². The Morgan fingerprint density at radius 3 is 2.09 bits per heavy atom. The van der Waals surface area contributed by atoms with Gasteiger partial charge in [-0.3, -0.25) is 0 Å². The molecule has 1 fully saturated rings. The maximum absolute atomic E-state index is 5.90. The van der Waals surface area contributed by atoms with E-state index in [0.29, 0.717) is 0 Å². The molecule has 1 aliphatic rings. The molecular formula is C26H44BrCl2N3. The fourth-order valence-corrected chi connectivity index (χ4v) is 4.39. The molecule has 6 heteroatoms. The second-order valence-corrected chi connectivity index (χ2v) is 9.30. The lowest BCUT2D eigenvalue weighted by Crippen LogP contribution is -3.10. The van der Waals surface area contributed by atoms with Crippen LogP contribution in [0.3, 0.4) is 0 Å².